The Labute approximate surface area is 130 Å². The number of methoxy groups -OCH3 is 1. The molecule has 1 aromatic carbocycles. The number of nitrogens with one attached hydrogen (secondary N) is 1. The van der Waals surface area contributed by atoms with Gasteiger partial charge in [-0.3, -0.25) is 14.5 Å². The second kappa shape index (κ2) is 7.26. The summed E-state index contributed by atoms with van der Waals surface area (Å²) in [5.74, 6) is -0.517. The van der Waals surface area contributed by atoms with Crippen molar-refractivity contribution in [3.8, 4) is 5.75 Å². The van der Waals surface area contributed by atoms with Crippen LogP contribution >= 0.6 is 0 Å². The molecule has 1 heterocycles. The van der Waals surface area contributed by atoms with E-state index in [0.29, 0.717) is 19.5 Å². The molecular weight excluding hydrogens is 284 g/mol. The SMILES string of the molecule is COc1ccccc1C(C)NC(=O)CN1CCC(C(=O)O)C1. The van der Waals surface area contributed by atoms with E-state index in [4.69, 9.17) is 9.84 Å². The lowest BCUT2D eigenvalue weighted by molar-refractivity contribution is -0.141. The molecule has 0 saturated carbocycles. The van der Waals surface area contributed by atoms with Crippen molar-refractivity contribution < 1.29 is 19.4 Å². The largest absolute Gasteiger partial charge is 0.496 e. The van der Waals surface area contributed by atoms with Crippen LogP contribution in [0.4, 0.5) is 0 Å². The molecule has 6 nitrogen and oxygen atoms in total. The van der Waals surface area contributed by atoms with Gasteiger partial charge in [0.15, 0.2) is 0 Å². The minimum atomic E-state index is -0.787. The monoisotopic (exact) mass is 306 g/mol. The number of carbonyl (C=O) groups is 2. The third-order valence-electron chi connectivity index (χ3n) is 3.97. The Bertz CT molecular complexity index is 547. The van der Waals surface area contributed by atoms with Crippen LogP contribution in [0.3, 0.4) is 0 Å². The average molecular weight is 306 g/mol. The standard InChI is InChI=1S/C16H22N2O4/c1-11(13-5-3-4-6-14(13)22-2)17-15(19)10-18-8-7-12(9-18)16(20)21/h3-6,11-12H,7-10H2,1-2H3,(H,17,19)(H,20,21). The molecular formula is C16H22N2O4. The highest BCUT2D eigenvalue weighted by Gasteiger charge is 2.29. The van der Waals surface area contributed by atoms with E-state index in [-0.39, 0.29) is 24.4 Å². The topological polar surface area (TPSA) is 78.9 Å². The van der Waals surface area contributed by atoms with E-state index in [1.54, 1.807) is 7.11 Å². The van der Waals surface area contributed by atoms with Gasteiger partial charge in [-0.25, -0.2) is 0 Å². The number of para-hydroxylation sites is 1. The third-order valence-corrected chi connectivity index (χ3v) is 3.97. The molecule has 0 bridgehead atoms. The third kappa shape index (κ3) is 3.98. The van der Waals surface area contributed by atoms with Crippen LogP contribution in [-0.2, 0) is 9.59 Å². The zero-order valence-corrected chi connectivity index (χ0v) is 12.9. The van der Waals surface area contributed by atoms with Gasteiger partial charge in [-0.15, -0.1) is 0 Å². The summed E-state index contributed by atoms with van der Waals surface area (Å²) in [7, 11) is 1.60. The number of rotatable bonds is 6. The van der Waals surface area contributed by atoms with Gasteiger partial charge in [-0.1, -0.05) is 18.2 Å². The zero-order valence-electron chi connectivity index (χ0n) is 12.9. The summed E-state index contributed by atoms with van der Waals surface area (Å²) in [5.41, 5.74) is 0.920. The van der Waals surface area contributed by atoms with Gasteiger partial charge < -0.3 is 15.2 Å². The van der Waals surface area contributed by atoms with Crippen molar-refractivity contribution in [1.82, 2.24) is 10.2 Å². The first-order valence-corrected chi connectivity index (χ1v) is 7.38. The van der Waals surface area contributed by atoms with Gasteiger partial charge in [0.2, 0.25) is 5.91 Å². The first kappa shape index (κ1) is 16.3. The van der Waals surface area contributed by atoms with Crippen molar-refractivity contribution >= 4 is 11.9 Å². The van der Waals surface area contributed by atoms with Crippen LogP contribution in [0.25, 0.3) is 0 Å². The lowest BCUT2D eigenvalue weighted by atomic mass is 10.1. The maximum atomic E-state index is 12.1. The molecule has 0 aromatic heterocycles. The molecule has 2 N–H and O–H groups in total. The number of aliphatic carboxylic acids is 1. The number of benzene rings is 1. The predicted octanol–water partition coefficient (Wildman–Crippen LogP) is 1.28. The van der Waals surface area contributed by atoms with E-state index in [9.17, 15) is 9.59 Å². The van der Waals surface area contributed by atoms with Crippen LogP contribution in [0.5, 0.6) is 5.75 Å². The van der Waals surface area contributed by atoms with Gasteiger partial charge in [0.25, 0.3) is 0 Å². The molecule has 2 rings (SSSR count). The van der Waals surface area contributed by atoms with Crippen molar-refractivity contribution in [1.29, 1.82) is 0 Å². The maximum absolute atomic E-state index is 12.1. The molecule has 6 heteroatoms. The van der Waals surface area contributed by atoms with Gasteiger partial charge in [0.05, 0.1) is 25.6 Å². The Morgan fingerprint density at radius 2 is 2.18 bits per heavy atom. The number of carboxylic acid groups (broad SMARTS) is 1. The minimum absolute atomic E-state index is 0.107. The van der Waals surface area contributed by atoms with E-state index in [2.05, 4.69) is 5.32 Å². The molecule has 22 heavy (non-hydrogen) atoms. The van der Waals surface area contributed by atoms with Gasteiger partial charge in [-0.2, -0.15) is 0 Å². The maximum Gasteiger partial charge on any atom is 0.307 e. The lowest BCUT2D eigenvalue weighted by Crippen LogP contribution is -2.37. The van der Waals surface area contributed by atoms with Crippen LogP contribution < -0.4 is 10.1 Å². The van der Waals surface area contributed by atoms with E-state index in [1.165, 1.54) is 0 Å². The molecule has 2 atom stereocenters. The van der Waals surface area contributed by atoms with Gasteiger partial charge in [-0.05, 0) is 26.0 Å². The van der Waals surface area contributed by atoms with Crippen LogP contribution in [0.1, 0.15) is 24.9 Å². The second-order valence-electron chi connectivity index (χ2n) is 5.59. The second-order valence-corrected chi connectivity index (χ2v) is 5.59. The summed E-state index contributed by atoms with van der Waals surface area (Å²) in [4.78, 5) is 24.9. The Balaban J connectivity index is 1.88. The highest BCUT2D eigenvalue weighted by molar-refractivity contribution is 5.79. The molecule has 1 aromatic rings. The molecule has 1 saturated heterocycles. The minimum Gasteiger partial charge on any atom is -0.496 e. The van der Waals surface area contributed by atoms with Crippen molar-refractivity contribution in [2.24, 2.45) is 5.92 Å². The highest BCUT2D eigenvalue weighted by atomic mass is 16.5. The molecule has 0 spiro atoms. The van der Waals surface area contributed by atoms with Crippen LogP contribution in [0.15, 0.2) is 24.3 Å². The fourth-order valence-electron chi connectivity index (χ4n) is 2.77. The summed E-state index contributed by atoms with van der Waals surface area (Å²) in [6, 6.07) is 7.39. The van der Waals surface area contributed by atoms with Gasteiger partial charge in [0.1, 0.15) is 5.75 Å². The highest BCUT2D eigenvalue weighted by Crippen LogP contribution is 2.24. The first-order chi connectivity index (χ1) is 10.5. The summed E-state index contributed by atoms with van der Waals surface area (Å²) < 4.78 is 5.29. The number of hydrogen-bond acceptors (Lipinski definition) is 4. The van der Waals surface area contributed by atoms with Gasteiger partial charge in [0, 0.05) is 12.1 Å². The number of likely N-dealkylation sites (tertiary alicyclic amines) is 1. The molecule has 1 fully saturated rings. The molecule has 1 aliphatic rings. The van der Waals surface area contributed by atoms with Crippen molar-refractivity contribution in [3.05, 3.63) is 29.8 Å². The number of amides is 1. The number of nitrogens with zero attached hydrogens (tertiary/aromatic N) is 1. The molecule has 2 unspecified atom stereocenters. The zero-order chi connectivity index (χ0) is 16.1. The van der Waals surface area contributed by atoms with Crippen molar-refractivity contribution in [2.45, 2.75) is 19.4 Å². The lowest BCUT2D eigenvalue weighted by Gasteiger charge is -2.20. The van der Waals surface area contributed by atoms with Crippen molar-refractivity contribution in [3.63, 3.8) is 0 Å². The molecule has 1 aliphatic heterocycles. The Morgan fingerprint density at radius 1 is 1.45 bits per heavy atom. The quantitative estimate of drug-likeness (QED) is 0.827. The van der Waals surface area contributed by atoms with E-state index >= 15 is 0 Å². The summed E-state index contributed by atoms with van der Waals surface area (Å²) >= 11 is 0. The molecule has 1 amide bonds. The van der Waals surface area contributed by atoms with E-state index in [0.717, 1.165) is 11.3 Å². The van der Waals surface area contributed by atoms with E-state index < -0.39 is 5.97 Å². The normalized spacial score (nSPS) is 19.6. The predicted molar refractivity (Wildman–Crippen MR) is 81.7 cm³/mol. The number of carboxylic acids is 1. The number of hydrogen-bond donors (Lipinski definition) is 2. The van der Waals surface area contributed by atoms with Crippen LogP contribution in [-0.4, -0.2) is 48.6 Å². The summed E-state index contributed by atoms with van der Waals surface area (Å²) in [6.07, 6.45) is 0.602. The van der Waals surface area contributed by atoms with Crippen LogP contribution in [0, 0.1) is 5.92 Å². The number of ether oxygens (including phenoxy) is 1. The summed E-state index contributed by atoms with van der Waals surface area (Å²) in [5, 5.41) is 11.9. The van der Waals surface area contributed by atoms with Crippen LogP contribution in [0.2, 0.25) is 0 Å². The molecule has 0 radical (unpaired) electrons. The van der Waals surface area contributed by atoms with E-state index in [1.807, 2.05) is 36.1 Å². The number of carbonyl (C=O) groups excluding carboxylic acids is 1. The fraction of sp³-hybridized carbons (Fsp3) is 0.500. The smallest absolute Gasteiger partial charge is 0.307 e. The molecule has 0 aliphatic carbocycles. The first-order valence-electron chi connectivity index (χ1n) is 7.38. The Kier molecular flexibility index (Phi) is 5.38. The van der Waals surface area contributed by atoms with Crippen molar-refractivity contribution in [2.75, 3.05) is 26.7 Å². The Morgan fingerprint density at radius 3 is 2.82 bits per heavy atom. The average Bonchev–Trinajstić information content (AvgIpc) is 2.95. The Hall–Kier alpha value is -2.08. The fourth-order valence-corrected chi connectivity index (χ4v) is 2.77. The van der Waals surface area contributed by atoms with Gasteiger partial charge >= 0.3 is 5.97 Å². The summed E-state index contributed by atoms with van der Waals surface area (Å²) in [6.45, 7) is 3.21. The molecule has 120 valence electrons.